The van der Waals surface area contributed by atoms with Gasteiger partial charge in [0.2, 0.25) is 0 Å². The number of piperazine rings is 1. The average Bonchev–Trinajstić information content (AvgIpc) is 3.31. The largest absolute Gasteiger partial charge is 0.368 e. The molecule has 1 amide bonds. The molecule has 0 spiro atoms. The van der Waals surface area contributed by atoms with Crippen molar-refractivity contribution in [1.82, 2.24) is 4.90 Å². The van der Waals surface area contributed by atoms with Crippen LogP contribution in [0.3, 0.4) is 0 Å². The Morgan fingerprint density at radius 2 is 1.74 bits per heavy atom. The number of rotatable bonds is 4. The van der Waals surface area contributed by atoms with Crippen LogP contribution in [-0.2, 0) is 9.84 Å². The number of sulfone groups is 1. The van der Waals surface area contributed by atoms with Crippen LogP contribution in [0.4, 0.5) is 11.4 Å². The Bertz CT molecular complexity index is 1250. The molecule has 178 valence electrons. The highest BCUT2D eigenvalue weighted by Crippen LogP contribution is 2.34. The van der Waals surface area contributed by atoms with E-state index in [1.807, 2.05) is 53.4 Å². The van der Waals surface area contributed by atoms with Gasteiger partial charge in [0.1, 0.15) is 0 Å². The lowest BCUT2D eigenvalue weighted by atomic mass is 10.1. The molecule has 2 aromatic rings. The smallest absolute Gasteiger partial charge is 0.254 e. The molecule has 5 rings (SSSR count). The highest BCUT2D eigenvalue weighted by Gasteiger charge is 2.42. The van der Waals surface area contributed by atoms with E-state index in [0.717, 1.165) is 24.5 Å². The second-order valence-corrected chi connectivity index (χ2v) is 12.2. The van der Waals surface area contributed by atoms with Gasteiger partial charge in [-0.1, -0.05) is 17.8 Å². The number of nitrogens with zero attached hydrogens (tertiary/aromatic N) is 3. The molecule has 34 heavy (non-hydrogen) atoms. The van der Waals surface area contributed by atoms with Crippen molar-refractivity contribution in [3.8, 4) is 0 Å². The first kappa shape index (κ1) is 22.9. The summed E-state index contributed by atoms with van der Waals surface area (Å²) in [4.78, 5) is 33.2. The van der Waals surface area contributed by atoms with Crippen molar-refractivity contribution < 1.29 is 18.0 Å². The highest BCUT2D eigenvalue weighted by molar-refractivity contribution is 8.15. The molecule has 3 heterocycles. The average molecular weight is 499 g/mol. The molecule has 2 saturated heterocycles. The van der Waals surface area contributed by atoms with Crippen LogP contribution in [0, 0.1) is 0 Å². The number of anilines is 2. The summed E-state index contributed by atoms with van der Waals surface area (Å²) in [5.74, 6) is 0.316. The Hall–Kier alpha value is -2.85. The Balaban J connectivity index is 1.19. The molecule has 2 aromatic carbocycles. The van der Waals surface area contributed by atoms with Crippen LogP contribution >= 0.6 is 11.8 Å². The maximum Gasteiger partial charge on any atom is 0.254 e. The molecule has 2 atom stereocenters. The van der Waals surface area contributed by atoms with Gasteiger partial charge in [-0.3, -0.25) is 14.6 Å². The van der Waals surface area contributed by atoms with E-state index in [1.165, 1.54) is 11.8 Å². The molecule has 10 heteroatoms. The summed E-state index contributed by atoms with van der Waals surface area (Å²) in [7, 11) is -2.98. The van der Waals surface area contributed by atoms with Crippen LogP contribution in [-0.4, -0.2) is 79.2 Å². The first-order chi connectivity index (χ1) is 16.3. The number of hydrogen-bond acceptors (Lipinski definition) is 8. The van der Waals surface area contributed by atoms with Gasteiger partial charge in [0.15, 0.2) is 20.8 Å². The summed E-state index contributed by atoms with van der Waals surface area (Å²) in [6.45, 7) is 4.24. The van der Waals surface area contributed by atoms with Gasteiger partial charge in [0, 0.05) is 53.9 Å². The quantitative estimate of drug-likeness (QED) is 0.647. The summed E-state index contributed by atoms with van der Waals surface area (Å²) in [5.41, 5.74) is 3.12. The van der Waals surface area contributed by atoms with E-state index in [-0.39, 0.29) is 34.5 Å². The van der Waals surface area contributed by atoms with Crippen LogP contribution in [0.2, 0.25) is 0 Å². The zero-order valence-corrected chi connectivity index (χ0v) is 20.4. The zero-order chi connectivity index (χ0) is 23.9. The van der Waals surface area contributed by atoms with Crippen molar-refractivity contribution in [2.75, 3.05) is 47.9 Å². The van der Waals surface area contributed by atoms with Crippen LogP contribution < -0.4 is 10.2 Å². The fraction of sp³-hybridized carbons (Fsp3) is 0.375. The number of hydrogen-bond donors (Lipinski definition) is 1. The number of aliphatic imine (C=N–C) groups is 1. The predicted octanol–water partition coefficient (Wildman–Crippen LogP) is 2.53. The van der Waals surface area contributed by atoms with Crippen molar-refractivity contribution in [2.45, 2.75) is 18.2 Å². The van der Waals surface area contributed by atoms with Gasteiger partial charge < -0.3 is 15.1 Å². The molecule has 0 aromatic heterocycles. The number of nitrogens with one attached hydrogen (secondary N) is 1. The molecule has 0 radical (unpaired) electrons. The van der Waals surface area contributed by atoms with Crippen LogP contribution in [0.25, 0.3) is 0 Å². The normalized spacial score (nSPS) is 23.4. The van der Waals surface area contributed by atoms with Crippen LogP contribution in [0.15, 0.2) is 53.5 Å². The Morgan fingerprint density at radius 1 is 1.00 bits per heavy atom. The first-order valence-corrected chi connectivity index (χ1v) is 13.9. The number of carbonyl (C=O) groups excluding carboxylic acids is 2. The number of thioether (sulfide) groups is 1. The zero-order valence-electron chi connectivity index (χ0n) is 18.8. The summed E-state index contributed by atoms with van der Waals surface area (Å²) in [6, 6.07) is 14.8. The third kappa shape index (κ3) is 4.83. The topological polar surface area (TPSA) is 99.2 Å². The molecule has 3 aliphatic heterocycles. The summed E-state index contributed by atoms with van der Waals surface area (Å²) in [6.07, 6.45) is 0. The number of fused-ring (bicyclic) bond motifs is 1. The van der Waals surface area contributed by atoms with Gasteiger partial charge in [-0.25, -0.2) is 8.42 Å². The van der Waals surface area contributed by atoms with E-state index in [9.17, 15) is 18.0 Å². The van der Waals surface area contributed by atoms with Crippen molar-refractivity contribution in [3.63, 3.8) is 0 Å². The standard InChI is InChI=1S/C24H26N4O4S2/c1-16(29)17-5-7-20(8-6-17)27-9-11-28(12-10-27)23(30)18-3-2-4-19(13-18)25-24-26-21-14-34(31,32)15-22(21)33-24/h2-8,13,21-22H,9-12,14-15H2,1H3,(H,25,26)/t21-,22-/m0/s1. The van der Waals surface area contributed by atoms with Crippen LogP contribution in [0.5, 0.6) is 0 Å². The molecule has 0 bridgehead atoms. The predicted molar refractivity (Wildman–Crippen MR) is 136 cm³/mol. The van der Waals surface area contributed by atoms with Gasteiger partial charge >= 0.3 is 0 Å². The van der Waals surface area contributed by atoms with Crippen molar-refractivity contribution in [1.29, 1.82) is 0 Å². The number of amidine groups is 1. The lowest BCUT2D eigenvalue weighted by molar-refractivity contribution is 0.0746. The number of Topliss-reactive ketones (excluding diaryl/α,β-unsaturated/α-hetero) is 1. The minimum absolute atomic E-state index is 0.0146. The van der Waals surface area contributed by atoms with Gasteiger partial charge in [0.25, 0.3) is 5.91 Å². The summed E-state index contributed by atoms with van der Waals surface area (Å²) in [5, 5.41) is 3.94. The van der Waals surface area contributed by atoms with Crippen LogP contribution in [0.1, 0.15) is 27.6 Å². The van der Waals surface area contributed by atoms with Gasteiger partial charge in [-0.15, -0.1) is 0 Å². The Kier molecular flexibility index (Phi) is 6.11. The minimum Gasteiger partial charge on any atom is -0.368 e. The SMILES string of the molecule is CC(=O)c1ccc(N2CCN(C(=O)c3cccc(NC4=N[C@H]5CS(=O)(=O)C[C@@H]5S4)c3)CC2)cc1. The Morgan fingerprint density at radius 3 is 2.41 bits per heavy atom. The maximum atomic E-state index is 13.1. The van der Waals surface area contributed by atoms with E-state index in [2.05, 4.69) is 15.2 Å². The maximum absolute atomic E-state index is 13.1. The number of ketones is 1. The fourth-order valence-electron chi connectivity index (χ4n) is 4.53. The molecule has 3 aliphatic rings. The van der Waals surface area contributed by atoms with E-state index < -0.39 is 9.84 Å². The lowest BCUT2D eigenvalue weighted by Gasteiger charge is -2.36. The molecule has 8 nitrogen and oxygen atoms in total. The lowest BCUT2D eigenvalue weighted by Crippen LogP contribution is -2.48. The monoisotopic (exact) mass is 498 g/mol. The van der Waals surface area contributed by atoms with E-state index in [4.69, 9.17) is 0 Å². The molecule has 2 fully saturated rings. The minimum atomic E-state index is -2.98. The van der Waals surface area contributed by atoms with Crippen molar-refractivity contribution >= 4 is 49.8 Å². The Labute approximate surface area is 203 Å². The van der Waals surface area contributed by atoms with E-state index in [0.29, 0.717) is 29.4 Å². The van der Waals surface area contributed by atoms with E-state index in [1.54, 1.807) is 6.92 Å². The number of amides is 1. The molecule has 0 aliphatic carbocycles. The third-order valence-electron chi connectivity index (χ3n) is 6.38. The molecular formula is C24H26N4O4S2. The number of benzene rings is 2. The van der Waals surface area contributed by atoms with Gasteiger partial charge in [0.05, 0.1) is 17.5 Å². The highest BCUT2D eigenvalue weighted by atomic mass is 32.2. The third-order valence-corrected chi connectivity index (χ3v) is 9.53. The molecule has 0 saturated carbocycles. The molecular weight excluding hydrogens is 472 g/mol. The summed E-state index contributed by atoms with van der Waals surface area (Å²) >= 11 is 1.46. The first-order valence-electron chi connectivity index (χ1n) is 11.2. The van der Waals surface area contributed by atoms with Gasteiger partial charge in [-0.2, -0.15) is 0 Å². The van der Waals surface area contributed by atoms with Gasteiger partial charge in [-0.05, 0) is 49.4 Å². The summed E-state index contributed by atoms with van der Waals surface area (Å²) < 4.78 is 23.5. The second-order valence-electron chi connectivity index (χ2n) is 8.82. The molecule has 0 unspecified atom stereocenters. The van der Waals surface area contributed by atoms with Crippen molar-refractivity contribution in [2.24, 2.45) is 4.99 Å². The number of carbonyl (C=O) groups is 2. The van der Waals surface area contributed by atoms with E-state index >= 15 is 0 Å². The van der Waals surface area contributed by atoms with Crippen molar-refractivity contribution in [3.05, 3.63) is 59.7 Å². The fourth-order valence-corrected chi connectivity index (χ4v) is 8.20. The molecule has 1 N–H and O–H groups in total. The second kappa shape index (κ2) is 9.07.